The first-order chi connectivity index (χ1) is 8.74. The zero-order valence-electron chi connectivity index (χ0n) is 12.3. The van der Waals surface area contributed by atoms with E-state index in [0.717, 1.165) is 30.0 Å². The lowest BCUT2D eigenvalue weighted by atomic mass is 10.1. The van der Waals surface area contributed by atoms with Crippen LogP contribution in [0.25, 0.3) is 0 Å². The van der Waals surface area contributed by atoms with Crippen LogP contribution in [0, 0.1) is 0 Å². The topological polar surface area (TPSA) is 37.8 Å². The Hall–Kier alpha value is -1.12. The molecule has 1 aromatic rings. The average Bonchev–Trinajstić information content (AvgIpc) is 2.39. The van der Waals surface area contributed by atoms with Crippen molar-refractivity contribution in [3.05, 3.63) is 17.6 Å². The van der Waals surface area contributed by atoms with E-state index in [4.69, 9.17) is 4.98 Å². The number of nitrogens with zero attached hydrogens (tertiary/aromatic N) is 2. The maximum absolute atomic E-state index is 4.69. The normalized spacial score (nSPS) is 10.9. The number of hydrogen-bond acceptors (Lipinski definition) is 3. The van der Waals surface area contributed by atoms with Crippen molar-refractivity contribution in [1.82, 2.24) is 9.97 Å². The molecule has 102 valence electrons. The predicted molar refractivity (Wildman–Crippen MR) is 78.0 cm³/mol. The van der Waals surface area contributed by atoms with Crippen LogP contribution in [-0.4, -0.2) is 16.0 Å². The number of anilines is 1. The highest BCUT2D eigenvalue weighted by molar-refractivity contribution is 5.41. The summed E-state index contributed by atoms with van der Waals surface area (Å²) >= 11 is 0. The van der Waals surface area contributed by atoms with Crippen LogP contribution in [0.15, 0.2) is 6.20 Å². The molecular weight excluding hydrogens is 222 g/mol. The van der Waals surface area contributed by atoms with E-state index in [1.807, 2.05) is 6.20 Å². The van der Waals surface area contributed by atoms with Gasteiger partial charge in [0.05, 0.1) is 11.4 Å². The third-order valence-corrected chi connectivity index (χ3v) is 3.21. The highest BCUT2D eigenvalue weighted by atomic mass is 15.0. The molecule has 0 spiro atoms. The molecule has 0 saturated heterocycles. The molecular formula is C15H27N3. The van der Waals surface area contributed by atoms with Gasteiger partial charge in [0.25, 0.3) is 0 Å². The summed E-state index contributed by atoms with van der Waals surface area (Å²) in [6, 6.07) is 0.534. The molecule has 0 saturated carbocycles. The van der Waals surface area contributed by atoms with Gasteiger partial charge >= 0.3 is 0 Å². The van der Waals surface area contributed by atoms with Crippen molar-refractivity contribution in [3.8, 4) is 0 Å². The van der Waals surface area contributed by atoms with Gasteiger partial charge in [0.15, 0.2) is 0 Å². The Balaban J connectivity index is 2.84. The largest absolute Gasteiger partial charge is 0.366 e. The molecule has 18 heavy (non-hydrogen) atoms. The highest BCUT2D eigenvalue weighted by Crippen LogP contribution is 2.16. The summed E-state index contributed by atoms with van der Waals surface area (Å²) in [7, 11) is 0. The van der Waals surface area contributed by atoms with Gasteiger partial charge in [-0.2, -0.15) is 0 Å². The second-order valence-electron chi connectivity index (χ2n) is 4.78. The minimum absolute atomic E-state index is 0.534. The van der Waals surface area contributed by atoms with Gasteiger partial charge in [-0.05, 0) is 25.7 Å². The molecule has 0 aliphatic rings. The van der Waals surface area contributed by atoms with Crippen molar-refractivity contribution in [3.63, 3.8) is 0 Å². The highest BCUT2D eigenvalue weighted by Gasteiger charge is 2.11. The third kappa shape index (κ3) is 4.28. The van der Waals surface area contributed by atoms with E-state index >= 15 is 0 Å². The second-order valence-corrected chi connectivity index (χ2v) is 4.78. The smallest absolute Gasteiger partial charge is 0.148 e. The zero-order valence-corrected chi connectivity index (χ0v) is 12.3. The molecule has 0 aromatic carbocycles. The quantitative estimate of drug-likeness (QED) is 0.757. The Morgan fingerprint density at radius 3 is 2.22 bits per heavy atom. The Morgan fingerprint density at radius 2 is 1.72 bits per heavy atom. The summed E-state index contributed by atoms with van der Waals surface area (Å²) in [5.41, 5.74) is 2.16. The lowest BCUT2D eigenvalue weighted by molar-refractivity contribution is 0.582. The SMILES string of the molecule is CCCC(CCC)Nc1nc(CC)cnc1CC. The van der Waals surface area contributed by atoms with Crippen molar-refractivity contribution in [2.45, 2.75) is 72.3 Å². The molecule has 0 atom stereocenters. The van der Waals surface area contributed by atoms with Gasteiger partial charge in [-0.1, -0.05) is 40.5 Å². The molecule has 1 rings (SSSR count). The molecule has 1 N–H and O–H groups in total. The van der Waals surface area contributed by atoms with Crippen molar-refractivity contribution in [2.75, 3.05) is 5.32 Å². The van der Waals surface area contributed by atoms with E-state index in [1.54, 1.807) is 0 Å². The summed E-state index contributed by atoms with van der Waals surface area (Å²) in [5.74, 6) is 1.00. The fourth-order valence-electron chi connectivity index (χ4n) is 2.17. The molecule has 0 unspecified atom stereocenters. The summed E-state index contributed by atoms with van der Waals surface area (Å²) < 4.78 is 0. The Morgan fingerprint density at radius 1 is 1.06 bits per heavy atom. The lowest BCUT2D eigenvalue weighted by Crippen LogP contribution is -2.21. The van der Waals surface area contributed by atoms with E-state index in [9.17, 15) is 0 Å². The predicted octanol–water partition coefficient (Wildman–Crippen LogP) is 3.98. The van der Waals surface area contributed by atoms with Crippen LogP contribution in [0.2, 0.25) is 0 Å². The molecule has 1 aromatic heterocycles. The minimum Gasteiger partial charge on any atom is -0.366 e. The molecule has 0 aliphatic carbocycles. The standard InChI is InChI=1S/C15H27N3/c1-5-9-13(10-6-2)18-15-14(8-4)16-11-12(7-3)17-15/h11,13H,5-10H2,1-4H3,(H,17,18). The van der Waals surface area contributed by atoms with Crippen LogP contribution in [-0.2, 0) is 12.8 Å². The summed E-state index contributed by atoms with van der Waals surface area (Å²) in [6.45, 7) is 8.73. The molecule has 3 nitrogen and oxygen atoms in total. The van der Waals surface area contributed by atoms with Gasteiger partial charge in [0, 0.05) is 12.2 Å². The molecule has 0 bridgehead atoms. The van der Waals surface area contributed by atoms with Crippen LogP contribution in [0.4, 0.5) is 5.82 Å². The van der Waals surface area contributed by atoms with Gasteiger partial charge in [-0.25, -0.2) is 4.98 Å². The van der Waals surface area contributed by atoms with Crippen LogP contribution < -0.4 is 5.32 Å². The fourth-order valence-corrected chi connectivity index (χ4v) is 2.17. The van der Waals surface area contributed by atoms with E-state index in [2.05, 4.69) is 38.0 Å². The Labute approximate surface area is 111 Å². The summed E-state index contributed by atoms with van der Waals surface area (Å²) in [6.07, 6.45) is 8.60. The Kier molecular flexibility index (Phi) is 6.69. The first-order valence-electron chi connectivity index (χ1n) is 7.36. The maximum atomic E-state index is 4.69. The number of aromatic nitrogens is 2. The van der Waals surface area contributed by atoms with Gasteiger partial charge < -0.3 is 5.32 Å². The molecule has 0 amide bonds. The number of hydrogen-bond donors (Lipinski definition) is 1. The van der Waals surface area contributed by atoms with Crippen molar-refractivity contribution < 1.29 is 0 Å². The maximum Gasteiger partial charge on any atom is 0.148 e. The molecule has 0 fully saturated rings. The van der Waals surface area contributed by atoms with Crippen LogP contribution in [0.1, 0.15) is 64.8 Å². The molecule has 3 heteroatoms. The van der Waals surface area contributed by atoms with Gasteiger partial charge in [0.2, 0.25) is 0 Å². The van der Waals surface area contributed by atoms with Gasteiger partial charge in [-0.3, -0.25) is 4.98 Å². The third-order valence-electron chi connectivity index (χ3n) is 3.21. The number of aryl methyl sites for hydroxylation is 2. The lowest BCUT2D eigenvalue weighted by Gasteiger charge is -2.19. The van der Waals surface area contributed by atoms with E-state index < -0.39 is 0 Å². The van der Waals surface area contributed by atoms with Crippen LogP contribution >= 0.6 is 0 Å². The van der Waals surface area contributed by atoms with Crippen molar-refractivity contribution >= 4 is 5.82 Å². The first-order valence-corrected chi connectivity index (χ1v) is 7.36. The fraction of sp³-hybridized carbons (Fsp3) is 0.733. The van der Waals surface area contributed by atoms with Gasteiger partial charge in [-0.15, -0.1) is 0 Å². The first kappa shape index (κ1) is 14.9. The molecule has 0 aliphatic heterocycles. The van der Waals surface area contributed by atoms with E-state index in [0.29, 0.717) is 6.04 Å². The number of nitrogens with one attached hydrogen (secondary N) is 1. The van der Waals surface area contributed by atoms with Crippen molar-refractivity contribution in [1.29, 1.82) is 0 Å². The summed E-state index contributed by atoms with van der Waals surface area (Å²) in [5, 5.41) is 3.60. The summed E-state index contributed by atoms with van der Waals surface area (Å²) in [4.78, 5) is 9.21. The molecule has 0 radical (unpaired) electrons. The minimum atomic E-state index is 0.534. The zero-order chi connectivity index (χ0) is 13.4. The second kappa shape index (κ2) is 8.06. The number of rotatable bonds is 8. The van der Waals surface area contributed by atoms with Crippen LogP contribution in [0.3, 0.4) is 0 Å². The van der Waals surface area contributed by atoms with Crippen LogP contribution in [0.5, 0.6) is 0 Å². The van der Waals surface area contributed by atoms with E-state index in [1.165, 1.54) is 25.7 Å². The van der Waals surface area contributed by atoms with Gasteiger partial charge in [0.1, 0.15) is 5.82 Å². The molecule has 1 heterocycles. The average molecular weight is 249 g/mol. The van der Waals surface area contributed by atoms with E-state index in [-0.39, 0.29) is 0 Å². The Bertz CT molecular complexity index is 344. The van der Waals surface area contributed by atoms with Crippen molar-refractivity contribution in [2.24, 2.45) is 0 Å². The monoisotopic (exact) mass is 249 g/mol.